The summed E-state index contributed by atoms with van der Waals surface area (Å²) in [6, 6.07) is 12.6. The van der Waals surface area contributed by atoms with Gasteiger partial charge < -0.3 is 14.7 Å². The van der Waals surface area contributed by atoms with Gasteiger partial charge in [-0.2, -0.15) is 0 Å². The van der Waals surface area contributed by atoms with Crippen molar-refractivity contribution in [2.75, 3.05) is 20.1 Å². The average Bonchev–Trinajstić information content (AvgIpc) is 2.64. The standard InChI is InChI=1S/C19H20ClNO5S/c1-21-12-10-19(11-13-21,18(22)23)27(24,25)17-5-3-2-4-16(17)26-15-8-6-14(20)7-9-15/h2-9H,10-13H2,1H3,(H,22,23). The summed E-state index contributed by atoms with van der Waals surface area (Å²) in [6.07, 6.45) is 0.0485. The summed E-state index contributed by atoms with van der Waals surface area (Å²) in [7, 11) is -2.34. The van der Waals surface area contributed by atoms with Crippen molar-refractivity contribution in [2.24, 2.45) is 0 Å². The normalized spacial score (nSPS) is 17.4. The largest absolute Gasteiger partial charge is 0.480 e. The van der Waals surface area contributed by atoms with Crippen LogP contribution in [-0.2, 0) is 14.6 Å². The molecule has 6 nitrogen and oxygen atoms in total. The van der Waals surface area contributed by atoms with E-state index >= 15 is 0 Å². The number of ether oxygens (including phenoxy) is 1. The number of rotatable bonds is 5. The first-order valence-corrected chi connectivity index (χ1v) is 10.3. The van der Waals surface area contributed by atoms with Crippen LogP contribution in [0.15, 0.2) is 53.4 Å². The average molecular weight is 410 g/mol. The summed E-state index contributed by atoms with van der Waals surface area (Å²) in [6.45, 7) is 0.789. The first-order chi connectivity index (χ1) is 12.8. The SMILES string of the molecule is CN1CCC(C(=O)O)(S(=O)(=O)c2ccccc2Oc2ccc(Cl)cc2)CC1. The minimum atomic E-state index is -4.18. The van der Waals surface area contributed by atoms with Gasteiger partial charge in [0, 0.05) is 5.02 Å². The summed E-state index contributed by atoms with van der Waals surface area (Å²) in [5, 5.41) is 10.4. The van der Waals surface area contributed by atoms with Crippen molar-refractivity contribution in [3.8, 4) is 11.5 Å². The van der Waals surface area contributed by atoms with E-state index in [0.717, 1.165) is 0 Å². The molecule has 0 bridgehead atoms. The number of para-hydroxylation sites is 1. The van der Waals surface area contributed by atoms with Gasteiger partial charge in [0.05, 0.1) is 0 Å². The fraction of sp³-hybridized carbons (Fsp3) is 0.316. The van der Waals surface area contributed by atoms with Gasteiger partial charge in [-0.3, -0.25) is 4.79 Å². The van der Waals surface area contributed by atoms with Crippen LogP contribution in [0.5, 0.6) is 11.5 Å². The molecular formula is C19H20ClNO5S. The molecule has 1 aliphatic rings. The summed E-state index contributed by atoms with van der Waals surface area (Å²) >= 11 is 5.86. The fourth-order valence-electron chi connectivity index (χ4n) is 3.17. The Balaban J connectivity index is 2.04. The molecule has 8 heteroatoms. The number of carboxylic acid groups (broad SMARTS) is 1. The van der Waals surface area contributed by atoms with Gasteiger partial charge in [0.25, 0.3) is 0 Å². The van der Waals surface area contributed by atoms with E-state index in [1.54, 1.807) is 36.4 Å². The van der Waals surface area contributed by atoms with Gasteiger partial charge in [0.15, 0.2) is 14.6 Å². The number of halogens is 1. The zero-order chi connectivity index (χ0) is 19.7. The summed E-state index contributed by atoms with van der Waals surface area (Å²) in [5.41, 5.74) is 0. The smallest absolute Gasteiger partial charge is 0.325 e. The Bertz CT molecular complexity index is 935. The Morgan fingerprint density at radius 1 is 1.11 bits per heavy atom. The van der Waals surface area contributed by atoms with Crippen molar-refractivity contribution in [1.82, 2.24) is 4.90 Å². The van der Waals surface area contributed by atoms with Gasteiger partial charge in [0.1, 0.15) is 16.4 Å². The Morgan fingerprint density at radius 2 is 1.70 bits per heavy atom. The van der Waals surface area contributed by atoms with Crippen LogP contribution in [0.25, 0.3) is 0 Å². The van der Waals surface area contributed by atoms with Gasteiger partial charge in [-0.05, 0) is 69.4 Å². The van der Waals surface area contributed by atoms with E-state index < -0.39 is 20.6 Å². The quantitative estimate of drug-likeness (QED) is 0.814. The molecule has 1 N–H and O–H groups in total. The first kappa shape index (κ1) is 19.7. The third kappa shape index (κ3) is 3.67. The van der Waals surface area contributed by atoms with Crippen molar-refractivity contribution in [1.29, 1.82) is 0 Å². The fourth-order valence-corrected chi connectivity index (χ4v) is 5.30. The van der Waals surface area contributed by atoms with Crippen molar-refractivity contribution in [3.63, 3.8) is 0 Å². The number of carboxylic acids is 1. The highest BCUT2D eigenvalue weighted by molar-refractivity contribution is 7.93. The highest BCUT2D eigenvalue weighted by Crippen LogP contribution is 2.40. The molecule has 27 heavy (non-hydrogen) atoms. The lowest BCUT2D eigenvalue weighted by Gasteiger charge is -2.36. The number of piperidine rings is 1. The van der Waals surface area contributed by atoms with Crippen LogP contribution in [0, 0.1) is 0 Å². The van der Waals surface area contributed by atoms with E-state index in [0.29, 0.717) is 23.9 Å². The van der Waals surface area contributed by atoms with Gasteiger partial charge in [-0.15, -0.1) is 0 Å². The molecule has 0 atom stereocenters. The van der Waals surface area contributed by atoms with Crippen LogP contribution in [0.4, 0.5) is 0 Å². The number of sulfone groups is 1. The lowest BCUT2D eigenvalue weighted by atomic mass is 9.96. The molecule has 0 saturated carbocycles. The van der Waals surface area contributed by atoms with E-state index in [4.69, 9.17) is 16.3 Å². The lowest BCUT2D eigenvalue weighted by Crippen LogP contribution is -2.53. The summed E-state index contributed by atoms with van der Waals surface area (Å²) in [4.78, 5) is 13.9. The number of benzene rings is 2. The summed E-state index contributed by atoms with van der Waals surface area (Å²) < 4.78 is 30.7. The van der Waals surface area contributed by atoms with Crippen molar-refractivity contribution in [2.45, 2.75) is 22.5 Å². The van der Waals surface area contributed by atoms with Crippen LogP contribution in [-0.4, -0.2) is 49.3 Å². The summed E-state index contributed by atoms with van der Waals surface area (Å²) in [5.74, 6) is -0.814. The molecule has 2 aromatic carbocycles. The van der Waals surface area contributed by atoms with Gasteiger partial charge in [-0.1, -0.05) is 23.7 Å². The van der Waals surface area contributed by atoms with Crippen molar-refractivity contribution < 1.29 is 23.1 Å². The minimum Gasteiger partial charge on any atom is -0.480 e. The van der Waals surface area contributed by atoms with Gasteiger partial charge >= 0.3 is 5.97 Å². The molecule has 1 fully saturated rings. The maximum Gasteiger partial charge on any atom is 0.325 e. The molecule has 0 unspecified atom stereocenters. The van der Waals surface area contributed by atoms with E-state index in [2.05, 4.69) is 0 Å². The molecule has 0 aromatic heterocycles. The second kappa shape index (κ2) is 7.50. The molecule has 0 aliphatic carbocycles. The first-order valence-electron chi connectivity index (χ1n) is 8.45. The van der Waals surface area contributed by atoms with E-state index in [1.165, 1.54) is 12.1 Å². The van der Waals surface area contributed by atoms with Crippen LogP contribution in [0.3, 0.4) is 0 Å². The van der Waals surface area contributed by atoms with Crippen LogP contribution in [0.2, 0.25) is 5.02 Å². The Kier molecular flexibility index (Phi) is 5.46. The van der Waals surface area contributed by atoms with E-state index in [9.17, 15) is 18.3 Å². The molecule has 1 aliphatic heterocycles. The maximum atomic E-state index is 13.4. The van der Waals surface area contributed by atoms with Crippen molar-refractivity contribution in [3.05, 3.63) is 53.6 Å². The minimum absolute atomic E-state index is 0.0243. The lowest BCUT2D eigenvalue weighted by molar-refractivity contribution is -0.141. The van der Waals surface area contributed by atoms with Crippen LogP contribution < -0.4 is 4.74 Å². The second-order valence-electron chi connectivity index (χ2n) is 6.61. The predicted octanol–water partition coefficient (Wildman–Crippen LogP) is 3.46. The molecular weight excluding hydrogens is 390 g/mol. The topological polar surface area (TPSA) is 83.9 Å². The molecule has 2 aromatic rings. The van der Waals surface area contributed by atoms with Crippen molar-refractivity contribution >= 4 is 27.4 Å². The number of nitrogens with zero attached hydrogens (tertiary/aromatic N) is 1. The molecule has 1 saturated heterocycles. The Hall–Kier alpha value is -2.09. The highest BCUT2D eigenvalue weighted by Gasteiger charge is 2.53. The van der Waals surface area contributed by atoms with Crippen LogP contribution in [0.1, 0.15) is 12.8 Å². The molecule has 144 valence electrons. The molecule has 1 heterocycles. The molecule has 0 amide bonds. The second-order valence-corrected chi connectivity index (χ2v) is 9.27. The predicted molar refractivity (Wildman–Crippen MR) is 102 cm³/mol. The number of carbonyl (C=O) groups is 1. The van der Waals surface area contributed by atoms with E-state index in [1.807, 2.05) is 11.9 Å². The highest BCUT2D eigenvalue weighted by atomic mass is 35.5. The third-order valence-electron chi connectivity index (χ3n) is 4.88. The molecule has 0 radical (unpaired) electrons. The van der Waals surface area contributed by atoms with E-state index in [-0.39, 0.29) is 23.5 Å². The zero-order valence-corrected chi connectivity index (χ0v) is 16.3. The zero-order valence-electron chi connectivity index (χ0n) is 14.8. The third-order valence-corrected chi connectivity index (χ3v) is 7.66. The Morgan fingerprint density at radius 3 is 2.30 bits per heavy atom. The number of hydrogen-bond acceptors (Lipinski definition) is 5. The number of aliphatic carboxylic acids is 1. The van der Waals surface area contributed by atoms with Gasteiger partial charge in [0.2, 0.25) is 0 Å². The molecule has 0 spiro atoms. The van der Waals surface area contributed by atoms with Gasteiger partial charge in [-0.25, -0.2) is 8.42 Å². The number of likely N-dealkylation sites (tertiary alicyclic amines) is 1. The monoisotopic (exact) mass is 409 g/mol. The maximum absolute atomic E-state index is 13.4. The number of hydrogen-bond donors (Lipinski definition) is 1. The van der Waals surface area contributed by atoms with Crippen LogP contribution >= 0.6 is 11.6 Å². The Labute approximate surface area is 163 Å². The molecule has 3 rings (SSSR count).